The van der Waals surface area contributed by atoms with Crippen molar-refractivity contribution >= 4 is 17.3 Å². The first-order valence-electron chi connectivity index (χ1n) is 8.36. The van der Waals surface area contributed by atoms with Crippen molar-refractivity contribution in [1.82, 2.24) is 4.57 Å². The van der Waals surface area contributed by atoms with Gasteiger partial charge in [0.15, 0.2) is 11.6 Å². The standard InChI is InChI=1S/C21H16N2O2/c1-11-13-6-3-2-5-12(13)9-23-10-15-18(19(11)23)20(24)14-7-4-8-16(22)17(14)21(15)25/h2-8,10-11H,9,22H2,1H3. The van der Waals surface area contributed by atoms with Crippen molar-refractivity contribution < 1.29 is 9.59 Å². The summed E-state index contributed by atoms with van der Waals surface area (Å²) in [6, 6.07) is 13.3. The quantitative estimate of drug-likeness (QED) is 0.503. The van der Waals surface area contributed by atoms with Gasteiger partial charge in [0.25, 0.3) is 0 Å². The maximum Gasteiger partial charge on any atom is 0.198 e. The second-order valence-corrected chi connectivity index (χ2v) is 6.78. The zero-order valence-electron chi connectivity index (χ0n) is 13.7. The normalized spacial score (nSPS) is 17.6. The van der Waals surface area contributed by atoms with Gasteiger partial charge in [0, 0.05) is 35.6 Å². The number of nitrogens with zero attached hydrogens (tertiary/aromatic N) is 1. The number of anilines is 1. The molecule has 1 aliphatic heterocycles. The van der Waals surface area contributed by atoms with E-state index in [1.807, 2.05) is 18.3 Å². The number of hydrogen-bond acceptors (Lipinski definition) is 3. The van der Waals surface area contributed by atoms with E-state index in [0.717, 1.165) is 5.69 Å². The lowest BCUT2D eigenvalue weighted by molar-refractivity contribution is 0.0980. The van der Waals surface area contributed by atoms with Gasteiger partial charge in [-0.15, -0.1) is 0 Å². The van der Waals surface area contributed by atoms with Gasteiger partial charge in [0.2, 0.25) is 0 Å². The van der Waals surface area contributed by atoms with Gasteiger partial charge in [0.1, 0.15) is 0 Å². The number of carbonyl (C=O) groups is 2. The molecule has 0 fully saturated rings. The van der Waals surface area contributed by atoms with Crippen LogP contribution in [0.15, 0.2) is 48.7 Å². The van der Waals surface area contributed by atoms with Crippen LogP contribution in [0.2, 0.25) is 0 Å². The number of ketones is 2. The van der Waals surface area contributed by atoms with E-state index in [0.29, 0.717) is 34.5 Å². The van der Waals surface area contributed by atoms with E-state index >= 15 is 0 Å². The van der Waals surface area contributed by atoms with Gasteiger partial charge in [-0.1, -0.05) is 43.3 Å². The third-order valence-electron chi connectivity index (χ3n) is 5.43. The number of carbonyl (C=O) groups excluding carboxylic acids is 2. The molecule has 2 N–H and O–H groups in total. The summed E-state index contributed by atoms with van der Waals surface area (Å²) in [6.07, 6.45) is 1.83. The lowest BCUT2D eigenvalue weighted by atomic mass is 9.81. The Hall–Kier alpha value is -3.14. The molecule has 4 nitrogen and oxygen atoms in total. The average molecular weight is 328 g/mol. The zero-order valence-corrected chi connectivity index (χ0v) is 13.7. The molecule has 0 spiro atoms. The minimum Gasteiger partial charge on any atom is -0.398 e. The Morgan fingerprint density at radius 2 is 1.72 bits per heavy atom. The highest BCUT2D eigenvalue weighted by Crippen LogP contribution is 2.41. The predicted octanol–water partition coefficient (Wildman–Crippen LogP) is 3.36. The first-order chi connectivity index (χ1) is 12.1. The number of nitrogen functional groups attached to an aromatic ring is 1. The summed E-state index contributed by atoms with van der Waals surface area (Å²) >= 11 is 0. The van der Waals surface area contributed by atoms with E-state index in [2.05, 4.69) is 23.6 Å². The highest BCUT2D eigenvalue weighted by Gasteiger charge is 2.38. The van der Waals surface area contributed by atoms with Crippen molar-refractivity contribution in [3.8, 4) is 0 Å². The lowest BCUT2D eigenvalue weighted by Gasteiger charge is -2.27. The molecule has 1 unspecified atom stereocenters. The summed E-state index contributed by atoms with van der Waals surface area (Å²) < 4.78 is 2.05. The molecule has 4 heteroatoms. The monoisotopic (exact) mass is 328 g/mol. The van der Waals surface area contributed by atoms with Gasteiger partial charge in [-0.3, -0.25) is 9.59 Å². The van der Waals surface area contributed by atoms with E-state index in [1.165, 1.54) is 11.1 Å². The van der Waals surface area contributed by atoms with Gasteiger partial charge in [-0.25, -0.2) is 0 Å². The van der Waals surface area contributed by atoms with Crippen molar-refractivity contribution in [3.63, 3.8) is 0 Å². The SMILES string of the molecule is CC1c2ccccc2Cn2cc3c(c21)C(=O)c1cccc(N)c1C3=O. The molecule has 1 aromatic heterocycles. The number of rotatable bonds is 0. The van der Waals surface area contributed by atoms with Crippen LogP contribution in [0, 0.1) is 0 Å². The van der Waals surface area contributed by atoms with E-state index in [1.54, 1.807) is 18.2 Å². The fourth-order valence-electron chi connectivity index (χ4n) is 4.29. The number of aromatic nitrogens is 1. The van der Waals surface area contributed by atoms with Crippen molar-refractivity contribution in [2.24, 2.45) is 0 Å². The third kappa shape index (κ3) is 1.71. The number of hydrogen-bond donors (Lipinski definition) is 1. The predicted molar refractivity (Wildman–Crippen MR) is 95.2 cm³/mol. The van der Waals surface area contributed by atoms with E-state index in [4.69, 9.17) is 5.73 Å². The summed E-state index contributed by atoms with van der Waals surface area (Å²) in [6.45, 7) is 2.77. The fourth-order valence-corrected chi connectivity index (χ4v) is 4.29. The number of fused-ring (bicyclic) bond motifs is 5. The van der Waals surface area contributed by atoms with Crippen LogP contribution in [0.4, 0.5) is 5.69 Å². The van der Waals surface area contributed by atoms with Crippen LogP contribution in [0.5, 0.6) is 0 Å². The van der Waals surface area contributed by atoms with Crippen molar-refractivity contribution in [1.29, 1.82) is 0 Å². The molecular weight excluding hydrogens is 312 g/mol. The van der Waals surface area contributed by atoms with Crippen molar-refractivity contribution in [2.45, 2.75) is 19.4 Å². The Labute approximate surface area is 144 Å². The summed E-state index contributed by atoms with van der Waals surface area (Å²) in [7, 11) is 0. The van der Waals surface area contributed by atoms with E-state index in [9.17, 15) is 9.59 Å². The fraction of sp³-hybridized carbons (Fsp3) is 0.143. The van der Waals surface area contributed by atoms with Crippen molar-refractivity contribution in [3.05, 3.63) is 87.7 Å². The topological polar surface area (TPSA) is 65.1 Å². The maximum absolute atomic E-state index is 13.2. The Bertz CT molecular complexity index is 1090. The summed E-state index contributed by atoms with van der Waals surface area (Å²) in [5.41, 5.74) is 11.5. The zero-order chi connectivity index (χ0) is 17.3. The molecule has 0 bridgehead atoms. The smallest absolute Gasteiger partial charge is 0.198 e. The van der Waals surface area contributed by atoms with Crippen LogP contribution < -0.4 is 5.73 Å². The molecule has 0 amide bonds. The molecule has 1 atom stereocenters. The molecule has 2 aliphatic rings. The second kappa shape index (κ2) is 4.70. The molecule has 25 heavy (non-hydrogen) atoms. The molecule has 1 aliphatic carbocycles. The largest absolute Gasteiger partial charge is 0.398 e. The van der Waals surface area contributed by atoms with Crippen LogP contribution in [0.25, 0.3) is 0 Å². The molecule has 2 heterocycles. The Morgan fingerprint density at radius 3 is 2.56 bits per heavy atom. The average Bonchev–Trinajstić information content (AvgIpc) is 3.00. The second-order valence-electron chi connectivity index (χ2n) is 6.78. The first kappa shape index (κ1) is 14.2. The molecule has 2 aromatic carbocycles. The highest BCUT2D eigenvalue weighted by atomic mass is 16.1. The van der Waals surface area contributed by atoms with Crippen LogP contribution in [0.3, 0.4) is 0 Å². The highest BCUT2D eigenvalue weighted by molar-refractivity contribution is 6.30. The molecule has 5 rings (SSSR count). The van der Waals surface area contributed by atoms with Gasteiger partial charge in [0.05, 0.1) is 16.7 Å². The summed E-state index contributed by atoms with van der Waals surface area (Å²) in [5.74, 6) is -0.189. The van der Waals surface area contributed by atoms with E-state index < -0.39 is 0 Å². The Morgan fingerprint density at radius 1 is 0.960 bits per heavy atom. The van der Waals surface area contributed by atoms with Crippen molar-refractivity contribution in [2.75, 3.05) is 5.73 Å². The Balaban J connectivity index is 1.78. The van der Waals surface area contributed by atoms with Gasteiger partial charge in [-0.05, 0) is 17.2 Å². The van der Waals surface area contributed by atoms with Crippen LogP contribution in [-0.4, -0.2) is 16.1 Å². The number of nitrogens with two attached hydrogens (primary N) is 1. The molecule has 3 aromatic rings. The maximum atomic E-state index is 13.2. The molecule has 0 radical (unpaired) electrons. The summed E-state index contributed by atoms with van der Waals surface area (Å²) in [4.78, 5) is 26.2. The number of benzene rings is 2. The molecule has 0 saturated heterocycles. The van der Waals surface area contributed by atoms with E-state index in [-0.39, 0.29) is 17.5 Å². The van der Waals surface area contributed by atoms with Crippen LogP contribution in [-0.2, 0) is 6.54 Å². The lowest BCUT2D eigenvalue weighted by Crippen LogP contribution is -2.23. The van der Waals surface area contributed by atoms with Gasteiger partial charge < -0.3 is 10.3 Å². The van der Waals surface area contributed by atoms with Crippen LogP contribution in [0.1, 0.15) is 61.5 Å². The minimum atomic E-state index is -0.152. The van der Waals surface area contributed by atoms with Gasteiger partial charge >= 0.3 is 0 Å². The molecular formula is C21H16N2O2. The minimum absolute atomic E-state index is 0.0630. The van der Waals surface area contributed by atoms with Crippen LogP contribution >= 0.6 is 0 Å². The molecule has 0 saturated carbocycles. The Kier molecular flexibility index (Phi) is 2.67. The van der Waals surface area contributed by atoms with Gasteiger partial charge in [-0.2, -0.15) is 0 Å². The first-order valence-corrected chi connectivity index (χ1v) is 8.36. The molecule has 122 valence electrons. The summed E-state index contributed by atoms with van der Waals surface area (Å²) in [5, 5.41) is 0. The third-order valence-corrected chi connectivity index (χ3v) is 5.43.